The molecule has 0 fully saturated rings. The first-order valence-corrected chi connectivity index (χ1v) is 15.0. The number of fused-ring (bicyclic) bond motifs is 2. The van der Waals surface area contributed by atoms with Crippen LogP contribution in [0.15, 0.2) is 42.6 Å². The Morgan fingerprint density at radius 3 is 1.68 bits per heavy atom. The van der Waals surface area contributed by atoms with Crippen molar-refractivity contribution in [2.24, 2.45) is 0 Å². The molecule has 0 aliphatic carbocycles. The lowest BCUT2D eigenvalue weighted by atomic mass is 10.1. The fourth-order valence-electron chi connectivity index (χ4n) is 3.57. The number of nitrogens with zero attached hydrogens (tertiary/aromatic N) is 1. The maximum Gasteiger partial charge on any atom is 0.0812 e. The number of pyridine rings is 1. The third-order valence-corrected chi connectivity index (χ3v) is 8.32. The van der Waals surface area contributed by atoms with Crippen molar-refractivity contribution in [2.45, 2.75) is 39.3 Å². The summed E-state index contributed by atoms with van der Waals surface area (Å²) in [7, 11) is -2.96. The molecule has 0 aliphatic heterocycles. The third kappa shape index (κ3) is 2.42. The molecule has 0 saturated carbocycles. The second-order valence-corrected chi connectivity index (χ2v) is 18.2. The summed E-state index contributed by atoms with van der Waals surface area (Å²) < 4.78 is 0. The Kier molecular flexibility index (Phi) is 3.53. The van der Waals surface area contributed by atoms with Gasteiger partial charge in [-0.25, -0.2) is 0 Å². The van der Waals surface area contributed by atoms with Crippen LogP contribution in [0.2, 0.25) is 39.3 Å². The third-order valence-electron chi connectivity index (χ3n) is 4.28. The smallest absolute Gasteiger partial charge is 0.0812 e. The van der Waals surface area contributed by atoms with E-state index in [1.165, 1.54) is 26.9 Å². The summed E-state index contributed by atoms with van der Waals surface area (Å²) in [5.41, 5.74) is 1.25. The molecule has 1 aromatic heterocycles. The molecule has 0 spiro atoms. The highest BCUT2D eigenvalue weighted by Gasteiger charge is 2.29. The number of hydrogen-bond acceptors (Lipinski definition) is 1. The number of aromatic nitrogens is 1. The van der Waals surface area contributed by atoms with Gasteiger partial charge in [0, 0.05) is 6.20 Å². The van der Waals surface area contributed by atoms with Crippen LogP contribution in [0.25, 0.3) is 21.7 Å². The lowest BCUT2D eigenvalue weighted by Crippen LogP contribution is -2.44. The van der Waals surface area contributed by atoms with Crippen molar-refractivity contribution in [3.63, 3.8) is 0 Å². The van der Waals surface area contributed by atoms with Gasteiger partial charge >= 0.3 is 0 Å². The van der Waals surface area contributed by atoms with Crippen molar-refractivity contribution in [2.75, 3.05) is 0 Å². The number of rotatable bonds is 2. The summed E-state index contributed by atoms with van der Waals surface area (Å²) in [6.45, 7) is 14.6. The second kappa shape index (κ2) is 5.03. The van der Waals surface area contributed by atoms with E-state index in [1.807, 2.05) is 6.20 Å². The molecule has 22 heavy (non-hydrogen) atoms. The molecule has 1 heterocycles. The highest BCUT2D eigenvalue weighted by Crippen LogP contribution is 2.24. The minimum absolute atomic E-state index is 1.25. The zero-order valence-corrected chi connectivity index (χ0v) is 16.5. The summed E-state index contributed by atoms with van der Waals surface area (Å²) >= 11 is 0. The van der Waals surface area contributed by atoms with E-state index in [2.05, 4.69) is 75.7 Å². The molecule has 3 rings (SSSR count). The van der Waals surface area contributed by atoms with Crippen LogP contribution in [0.1, 0.15) is 0 Å². The predicted molar refractivity (Wildman–Crippen MR) is 105 cm³/mol. The van der Waals surface area contributed by atoms with E-state index in [0.29, 0.717) is 0 Å². The monoisotopic (exact) mass is 323 g/mol. The average Bonchev–Trinajstić information content (AvgIpc) is 2.41. The van der Waals surface area contributed by atoms with Gasteiger partial charge in [-0.3, -0.25) is 4.98 Å². The summed E-state index contributed by atoms with van der Waals surface area (Å²) in [6, 6.07) is 13.4. The molecule has 0 bridgehead atoms. The van der Waals surface area contributed by atoms with Crippen LogP contribution in [-0.4, -0.2) is 21.1 Å². The molecule has 0 aliphatic rings. The highest BCUT2D eigenvalue weighted by molar-refractivity contribution is 6.95. The van der Waals surface area contributed by atoms with E-state index < -0.39 is 16.1 Å². The van der Waals surface area contributed by atoms with Crippen molar-refractivity contribution >= 4 is 48.2 Å². The standard InChI is InChI=1S/C19H25NSi2/c1-21(2,3)18-14-10-7-8-11-15(14)19(22(4,5)6)17-16(18)12-9-13-20-17/h7-13H,1-6H3. The molecule has 0 amide bonds. The van der Waals surface area contributed by atoms with E-state index in [0.717, 1.165) is 0 Å². The van der Waals surface area contributed by atoms with Gasteiger partial charge in [0.25, 0.3) is 0 Å². The van der Waals surface area contributed by atoms with E-state index in [-0.39, 0.29) is 0 Å². The minimum atomic E-state index is -1.49. The van der Waals surface area contributed by atoms with Gasteiger partial charge < -0.3 is 0 Å². The largest absolute Gasteiger partial charge is 0.256 e. The Morgan fingerprint density at radius 1 is 0.636 bits per heavy atom. The molecule has 0 radical (unpaired) electrons. The molecular formula is C19H25NSi2. The fourth-order valence-corrected chi connectivity index (χ4v) is 7.54. The molecular weight excluding hydrogens is 298 g/mol. The lowest BCUT2D eigenvalue weighted by Gasteiger charge is -2.27. The van der Waals surface area contributed by atoms with Crippen LogP contribution in [-0.2, 0) is 0 Å². The Balaban J connectivity index is 2.67. The fraction of sp³-hybridized carbons (Fsp3) is 0.316. The van der Waals surface area contributed by atoms with Gasteiger partial charge in [0.2, 0.25) is 0 Å². The van der Waals surface area contributed by atoms with Gasteiger partial charge in [-0.1, -0.05) is 69.6 Å². The van der Waals surface area contributed by atoms with Crippen LogP contribution < -0.4 is 10.4 Å². The summed E-state index contributed by atoms with van der Waals surface area (Å²) in [6.07, 6.45) is 1.95. The minimum Gasteiger partial charge on any atom is -0.256 e. The predicted octanol–water partition coefficient (Wildman–Crippen LogP) is 4.48. The zero-order chi connectivity index (χ0) is 16.1. The van der Waals surface area contributed by atoms with Crippen molar-refractivity contribution < 1.29 is 0 Å². The molecule has 3 aromatic rings. The molecule has 2 aromatic carbocycles. The van der Waals surface area contributed by atoms with E-state index in [1.54, 1.807) is 5.19 Å². The molecule has 0 unspecified atom stereocenters. The van der Waals surface area contributed by atoms with Crippen molar-refractivity contribution in [1.82, 2.24) is 4.98 Å². The van der Waals surface area contributed by atoms with E-state index in [4.69, 9.17) is 4.98 Å². The van der Waals surface area contributed by atoms with Crippen LogP contribution in [0, 0.1) is 0 Å². The molecule has 0 N–H and O–H groups in total. The first-order valence-electron chi connectivity index (χ1n) is 8.01. The Bertz CT molecular complexity index is 726. The maximum absolute atomic E-state index is 4.83. The molecule has 114 valence electrons. The van der Waals surface area contributed by atoms with Gasteiger partial charge in [-0.05, 0) is 32.6 Å². The first kappa shape index (κ1) is 15.4. The van der Waals surface area contributed by atoms with Gasteiger partial charge in [-0.2, -0.15) is 0 Å². The molecule has 1 nitrogen and oxygen atoms in total. The normalized spacial score (nSPS) is 13.0. The van der Waals surface area contributed by atoms with Gasteiger partial charge in [-0.15, -0.1) is 0 Å². The SMILES string of the molecule is C[Si](C)(C)c1c2ccccc2c([Si](C)(C)C)c2ncccc12. The molecule has 0 saturated heterocycles. The maximum atomic E-state index is 4.83. The Hall–Kier alpha value is -1.46. The Morgan fingerprint density at radius 2 is 1.14 bits per heavy atom. The van der Waals surface area contributed by atoms with Crippen molar-refractivity contribution in [3.05, 3.63) is 42.6 Å². The van der Waals surface area contributed by atoms with Gasteiger partial charge in [0.1, 0.15) is 0 Å². The van der Waals surface area contributed by atoms with Gasteiger partial charge in [0.05, 0.1) is 21.7 Å². The van der Waals surface area contributed by atoms with Crippen LogP contribution in [0.5, 0.6) is 0 Å². The van der Waals surface area contributed by atoms with Crippen molar-refractivity contribution in [3.8, 4) is 0 Å². The quantitative estimate of drug-likeness (QED) is 0.500. The molecule has 3 heteroatoms. The number of benzene rings is 2. The summed E-state index contributed by atoms with van der Waals surface area (Å²) in [4.78, 5) is 4.83. The highest BCUT2D eigenvalue weighted by atomic mass is 28.3. The number of hydrogen-bond donors (Lipinski definition) is 0. The summed E-state index contributed by atoms with van der Waals surface area (Å²) in [5, 5.41) is 7.36. The Labute approximate surface area is 135 Å². The van der Waals surface area contributed by atoms with E-state index in [9.17, 15) is 0 Å². The van der Waals surface area contributed by atoms with E-state index >= 15 is 0 Å². The average molecular weight is 324 g/mol. The van der Waals surface area contributed by atoms with Crippen LogP contribution in [0.3, 0.4) is 0 Å². The topological polar surface area (TPSA) is 12.9 Å². The zero-order valence-electron chi connectivity index (χ0n) is 14.5. The van der Waals surface area contributed by atoms with Crippen LogP contribution in [0.4, 0.5) is 0 Å². The van der Waals surface area contributed by atoms with Gasteiger partial charge in [0.15, 0.2) is 0 Å². The summed E-state index contributed by atoms with van der Waals surface area (Å²) in [5.74, 6) is 0. The second-order valence-electron chi connectivity index (χ2n) is 8.20. The lowest BCUT2D eigenvalue weighted by molar-refractivity contribution is 1.43. The first-order chi connectivity index (χ1) is 10.2. The molecule has 0 atom stereocenters. The van der Waals surface area contributed by atoms with Crippen LogP contribution >= 0.6 is 0 Å². The van der Waals surface area contributed by atoms with Crippen molar-refractivity contribution in [1.29, 1.82) is 0 Å².